The topological polar surface area (TPSA) is 95.9 Å². The lowest BCUT2D eigenvalue weighted by atomic mass is 9.79. The molecule has 0 saturated heterocycles. The number of nitrogens with one attached hydrogen (secondary N) is 1. The Bertz CT molecular complexity index is 462. The summed E-state index contributed by atoms with van der Waals surface area (Å²) in [6.45, 7) is 2.24. The summed E-state index contributed by atoms with van der Waals surface area (Å²) in [5, 5.41) is 20.6. The maximum atomic E-state index is 11.9. The largest absolute Gasteiger partial charge is 0.481 e. The van der Waals surface area contributed by atoms with Crippen LogP contribution in [0.5, 0.6) is 0 Å². The molecule has 0 heterocycles. The van der Waals surface area contributed by atoms with Crippen LogP contribution in [0, 0.1) is 0 Å². The fourth-order valence-corrected chi connectivity index (χ4v) is 1.92. The minimum atomic E-state index is -1.27. The van der Waals surface area contributed by atoms with Crippen molar-refractivity contribution >= 4 is 11.9 Å². The number of amides is 1. The normalized spacial score (nSPS) is 13.4. The van der Waals surface area contributed by atoms with Gasteiger partial charge in [0.15, 0.2) is 0 Å². The van der Waals surface area contributed by atoms with Crippen molar-refractivity contribution in [3.63, 3.8) is 0 Å². The Labute approximate surface area is 123 Å². The van der Waals surface area contributed by atoms with Gasteiger partial charge in [-0.25, -0.2) is 0 Å². The van der Waals surface area contributed by atoms with Gasteiger partial charge in [-0.05, 0) is 12.5 Å². The first-order valence-electron chi connectivity index (χ1n) is 6.75. The molecule has 1 aromatic rings. The van der Waals surface area contributed by atoms with Crippen LogP contribution in [0.1, 0.15) is 18.9 Å². The molecule has 0 saturated carbocycles. The minimum Gasteiger partial charge on any atom is -0.481 e. The van der Waals surface area contributed by atoms with Crippen molar-refractivity contribution in [1.82, 2.24) is 5.32 Å². The van der Waals surface area contributed by atoms with Crippen molar-refractivity contribution in [2.75, 3.05) is 26.4 Å². The van der Waals surface area contributed by atoms with E-state index < -0.39 is 11.4 Å². The molecule has 1 amide bonds. The molecule has 1 unspecified atom stereocenters. The van der Waals surface area contributed by atoms with Crippen LogP contribution >= 0.6 is 0 Å². The molecule has 116 valence electrons. The van der Waals surface area contributed by atoms with Crippen LogP contribution in [0.15, 0.2) is 30.3 Å². The number of aliphatic carboxylic acids is 1. The Balaban J connectivity index is 2.59. The van der Waals surface area contributed by atoms with Crippen LogP contribution in [-0.2, 0) is 19.7 Å². The first kappa shape index (κ1) is 17.1. The smallest absolute Gasteiger partial charge is 0.314 e. The second-order valence-electron chi connectivity index (χ2n) is 4.87. The van der Waals surface area contributed by atoms with Crippen LogP contribution in [0.25, 0.3) is 0 Å². The van der Waals surface area contributed by atoms with E-state index in [0.717, 1.165) is 0 Å². The molecule has 3 N–H and O–H groups in total. The molecule has 1 atom stereocenters. The Hall–Kier alpha value is -1.92. The highest BCUT2D eigenvalue weighted by Gasteiger charge is 2.37. The van der Waals surface area contributed by atoms with E-state index in [1.165, 1.54) is 6.92 Å². The molecule has 6 heteroatoms. The van der Waals surface area contributed by atoms with E-state index in [-0.39, 0.29) is 38.7 Å². The predicted octanol–water partition coefficient (Wildman–Crippen LogP) is 0.544. The van der Waals surface area contributed by atoms with Crippen molar-refractivity contribution in [3.8, 4) is 0 Å². The number of aliphatic hydroxyl groups is 1. The number of carbonyl (C=O) groups excluding carboxylic acids is 1. The number of carbonyl (C=O) groups is 2. The number of hydrogen-bond acceptors (Lipinski definition) is 4. The van der Waals surface area contributed by atoms with Crippen LogP contribution < -0.4 is 5.32 Å². The highest BCUT2D eigenvalue weighted by Crippen LogP contribution is 2.27. The maximum absolute atomic E-state index is 11.9. The average Bonchev–Trinajstić information content (AvgIpc) is 2.47. The highest BCUT2D eigenvalue weighted by molar-refractivity contribution is 5.89. The van der Waals surface area contributed by atoms with Gasteiger partial charge in [-0.3, -0.25) is 9.59 Å². The highest BCUT2D eigenvalue weighted by atomic mass is 16.5. The van der Waals surface area contributed by atoms with E-state index in [4.69, 9.17) is 9.84 Å². The summed E-state index contributed by atoms with van der Waals surface area (Å²) in [6, 6.07) is 8.69. The zero-order valence-electron chi connectivity index (χ0n) is 12.0. The van der Waals surface area contributed by atoms with Crippen molar-refractivity contribution in [1.29, 1.82) is 0 Å². The van der Waals surface area contributed by atoms with Gasteiger partial charge in [0.05, 0.1) is 25.2 Å². The molecule has 1 rings (SSSR count). The summed E-state index contributed by atoms with van der Waals surface area (Å²) >= 11 is 0. The Kier molecular flexibility index (Phi) is 6.84. The fourth-order valence-electron chi connectivity index (χ4n) is 1.92. The number of benzene rings is 1. The molecule has 0 fully saturated rings. The molecule has 0 radical (unpaired) electrons. The predicted molar refractivity (Wildman–Crippen MR) is 77.0 cm³/mol. The number of carboxylic acids is 1. The lowest BCUT2D eigenvalue weighted by Gasteiger charge is -2.24. The first-order valence-corrected chi connectivity index (χ1v) is 6.75. The summed E-state index contributed by atoms with van der Waals surface area (Å²) in [5.41, 5.74) is -0.679. The van der Waals surface area contributed by atoms with Gasteiger partial charge in [-0.15, -0.1) is 0 Å². The van der Waals surface area contributed by atoms with E-state index >= 15 is 0 Å². The van der Waals surface area contributed by atoms with E-state index in [1.807, 2.05) is 0 Å². The van der Waals surface area contributed by atoms with Crippen LogP contribution in [0.2, 0.25) is 0 Å². The van der Waals surface area contributed by atoms with Gasteiger partial charge in [0.25, 0.3) is 0 Å². The molecule has 0 aliphatic heterocycles. The van der Waals surface area contributed by atoms with Gasteiger partial charge in [0.1, 0.15) is 0 Å². The summed E-state index contributed by atoms with van der Waals surface area (Å²) in [5.74, 6) is -1.39. The minimum absolute atomic E-state index is 0.0704. The molecule has 0 aromatic heterocycles. The van der Waals surface area contributed by atoms with E-state index in [0.29, 0.717) is 5.56 Å². The summed E-state index contributed by atoms with van der Waals surface area (Å²) in [4.78, 5) is 23.4. The monoisotopic (exact) mass is 295 g/mol. The van der Waals surface area contributed by atoms with Gasteiger partial charge in [-0.2, -0.15) is 0 Å². The molecule has 6 nitrogen and oxygen atoms in total. The third kappa shape index (κ3) is 5.17. The molecule has 0 aliphatic carbocycles. The van der Waals surface area contributed by atoms with Gasteiger partial charge in [0, 0.05) is 13.0 Å². The van der Waals surface area contributed by atoms with E-state index in [9.17, 15) is 14.7 Å². The van der Waals surface area contributed by atoms with Crippen molar-refractivity contribution in [3.05, 3.63) is 35.9 Å². The molecular weight excluding hydrogens is 274 g/mol. The standard InChI is InChI=1S/C15H21NO5/c1-15(14(19)20,12-5-3-2-4-6-12)11-13(18)16-7-9-21-10-8-17/h2-6,17H,7-11H2,1H3,(H,16,18)(H,19,20). The third-order valence-electron chi connectivity index (χ3n) is 3.20. The van der Waals surface area contributed by atoms with Crippen LogP contribution in [0.4, 0.5) is 0 Å². The van der Waals surface area contributed by atoms with Gasteiger partial charge in [0.2, 0.25) is 5.91 Å². The number of ether oxygens (including phenoxy) is 1. The average molecular weight is 295 g/mol. The lowest BCUT2D eigenvalue weighted by Crippen LogP contribution is -2.39. The first-order chi connectivity index (χ1) is 10.0. The second-order valence-corrected chi connectivity index (χ2v) is 4.87. The SMILES string of the molecule is CC(CC(=O)NCCOCCO)(C(=O)O)c1ccccc1. The zero-order valence-corrected chi connectivity index (χ0v) is 12.0. The quantitative estimate of drug-likeness (QED) is 0.578. The van der Waals surface area contributed by atoms with Crippen LogP contribution in [-0.4, -0.2) is 48.5 Å². The summed E-state index contributed by atoms with van der Waals surface area (Å²) in [7, 11) is 0. The van der Waals surface area contributed by atoms with Gasteiger partial charge >= 0.3 is 5.97 Å². The molecular formula is C15H21NO5. The second kappa shape index (κ2) is 8.39. The molecule has 0 aliphatic rings. The van der Waals surface area contributed by atoms with Gasteiger partial charge in [-0.1, -0.05) is 30.3 Å². The number of rotatable bonds is 9. The summed E-state index contributed by atoms with van der Waals surface area (Å²) in [6.07, 6.45) is -0.146. The van der Waals surface area contributed by atoms with Gasteiger partial charge < -0.3 is 20.3 Å². The Morgan fingerprint density at radius 3 is 2.48 bits per heavy atom. The molecule has 21 heavy (non-hydrogen) atoms. The Morgan fingerprint density at radius 2 is 1.90 bits per heavy atom. The zero-order chi connectivity index (χ0) is 15.7. The molecule has 1 aromatic carbocycles. The van der Waals surface area contributed by atoms with E-state index in [1.54, 1.807) is 30.3 Å². The summed E-state index contributed by atoms with van der Waals surface area (Å²) < 4.78 is 5.01. The fraction of sp³-hybridized carbons (Fsp3) is 0.467. The maximum Gasteiger partial charge on any atom is 0.314 e. The van der Waals surface area contributed by atoms with Crippen molar-refractivity contribution in [2.45, 2.75) is 18.8 Å². The van der Waals surface area contributed by atoms with E-state index in [2.05, 4.69) is 5.32 Å². The Morgan fingerprint density at radius 1 is 1.24 bits per heavy atom. The number of hydrogen-bond donors (Lipinski definition) is 3. The lowest BCUT2D eigenvalue weighted by molar-refractivity contribution is -0.145. The van der Waals surface area contributed by atoms with Crippen molar-refractivity contribution < 1.29 is 24.5 Å². The number of carboxylic acid groups (broad SMARTS) is 1. The molecule has 0 spiro atoms. The third-order valence-corrected chi connectivity index (χ3v) is 3.20. The van der Waals surface area contributed by atoms with Crippen molar-refractivity contribution in [2.24, 2.45) is 0 Å². The molecule has 0 bridgehead atoms. The number of aliphatic hydroxyl groups excluding tert-OH is 1. The van der Waals surface area contributed by atoms with Crippen LogP contribution in [0.3, 0.4) is 0 Å².